The van der Waals surface area contributed by atoms with Crippen molar-refractivity contribution in [2.75, 3.05) is 0 Å². The van der Waals surface area contributed by atoms with E-state index in [1.165, 1.54) is 18.5 Å². The van der Waals surface area contributed by atoms with Gasteiger partial charge in [-0.2, -0.15) is 0 Å². The molecule has 0 radical (unpaired) electrons. The van der Waals surface area contributed by atoms with Gasteiger partial charge in [-0.3, -0.25) is 4.99 Å². The minimum Gasteiger partial charge on any atom is -0.265 e. The first-order chi connectivity index (χ1) is 5.24. The Labute approximate surface area is 69.2 Å². The van der Waals surface area contributed by atoms with Crippen molar-refractivity contribution in [1.82, 2.24) is 0 Å². The van der Waals surface area contributed by atoms with Gasteiger partial charge in [-0.15, -0.1) is 0 Å². The van der Waals surface area contributed by atoms with Crippen molar-refractivity contribution < 1.29 is 0 Å². The zero-order chi connectivity index (χ0) is 8.27. The summed E-state index contributed by atoms with van der Waals surface area (Å²) in [5, 5.41) is 0. The molecule has 1 heteroatoms. The fraction of sp³-hybridized carbons (Fsp3) is 0.700. The zero-order valence-corrected chi connectivity index (χ0v) is 7.67. The molecule has 0 saturated carbocycles. The monoisotopic (exact) mass is 151 g/mol. The van der Waals surface area contributed by atoms with Gasteiger partial charge in [-0.05, 0) is 12.3 Å². The van der Waals surface area contributed by atoms with Crippen molar-refractivity contribution in [2.45, 2.75) is 33.6 Å². The average Bonchev–Trinajstić information content (AvgIpc) is 2.37. The molecule has 1 atom stereocenters. The van der Waals surface area contributed by atoms with Crippen LogP contribution in [0.4, 0.5) is 0 Å². The normalized spacial score (nSPS) is 22.9. The van der Waals surface area contributed by atoms with Crippen LogP contribution >= 0.6 is 0 Å². The lowest BCUT2D eigenvalue weighted by Crippen LogP contribution is -1.93. The Morgan fingerprint density at radius 1 is 1.55 bits per heavy atom. The van der Waals surface area contributed by atoms with Crippen molar-refractivity contribution in [3.05, 3.63) is 11.8 Å². The van der Waals surface area contributed by atoms with Gasteiger partial charge in [0.25, 0.3) is 0 Å². The second-order valence-corrected chi connectivity index (χ2v) is 3.48. The fourth-order valence-corrected chi connectivity index (χ4v) is 1.32. The van der Waals surface area contributed by atoms with E-state index >= 15 is 0 Å². The topological polar surface area (TPSA) is 12.4 Å². The molecule has 1 heterocycles. The van der Waals surface area contributed by atoms with Crippen LogP contribution in [0.3, 0.4) is 0 Å². The van der Waals surface area contributed by atoms with Crippen LogP contribution in [0.2, 0.25) is 0 Å². The molecule has 0 saturated heterocycles. The lowest BCUT2D eigenvalue weighted by atomic mass is 10.0. The maximum absolute atomic E-state index is 4.37. The summed E-state index contributed by atoms with van der Waals surface area (Å²) in [5.41, 5.74) is 1.27. The largest absolute Gasteiger partial charge is 0.265 e. The molecule has 0 amide bonds. The third-order valence-electron chi connectivity index (χ3n) is 2.01. The highest BCUT2D eigenvalue weighted by Crippen LogP contribution is 2.21. The van der Waals surface area contributed by atoms with E-state index in [2.05, 4.69) is 38.1 Å². The summed E-state index contributed by atoms with van der Waals surface area (Å²) in [6.07, 6.45) is 6.88. The molecule has 0 aromatic heterocycles. The Hall–Kier alpha value is -0.590. The van der Waals surface area contributed by atoms with Crippen molar-refractivity contribution in [1.29, 1.82) is 0 Å². The van der Waals surface area contributed by atoms with E-state index in [-0.39, 0.29) is 0 Å². The number of aliphatic imine (C=N–C) groups is 1. The van der Waals surface area contributed by atoms with Crippen LogP contribution in [-0.2, 0) is 0 Å². The molecule has 0 spiro atoms. The fourth-order valence-electron chi connectivity index (χ4n) is 1.32. The minimum atomic E-state index is 0.591. The van der Waals surface area contributed by atoms with Gasteiger partial charge in [-0.1, -0.05) is 33.3 Å². The Morgan fingerprint density at radius 2 is 2.27 bits per heavy atom. The summed E-state index contributed by atoms with van der Waals surface area (Å²) in [6, 6.07) is 0. The summed E-state index contributed by atoms with van der Waals surface area (Å²) in [6.45, 7) is 6.60. The summed E-state index contributed by atoms with van der Waals surface area (Å²) in [4.78, 5) is 4.37. The first kappa shape index (κ1) is 8.51. The standard InChI is InChI=1S/C10H17N/c1-4-5-9-6-10(8(2)3)11-7-9/h6-9H,4-5H2,1-3H3. The van der Waals surface area contributed by atoms with E-state index in [1.807, 2.05) is 0 Å². The predicted octanol–water partition coefficient (Wildman–Crippen LogP) is 3.03. The Kier molecular flexibility index (Phi) is 2.86. The van der Waals surface area contributed by atoms with Gasteiger partial charge in [0.2, 0.25) is 0 Å². The van der Waals surface area contributed by atoms with Gasteiger partial charge in [-0.25, -0.2) is 0 Å². The second-order valence-electron chi connectivity index (χ2n) is 3.48. The van der Waals surface area contributed by atoms with Crippen LogP contribution in [0.15, 0.2) is 16.8 Å². The molecule has 1 unspecified atom stereocenters. The average molecular weight is 151 g/mol. The number of nitrogens with zero attached hydrogens (tertiary/aromatic N) is 1. The van der Waals surface area contributed by atoms with E-state index in [4.69, 9.17) is 0 Å². The zero-order valence-electron chi connectivity index (χ0n) is 7.67. The van der Waals surface area contributed by atoms with Gasteiger partial charge in [0.15, 0.2) is 0 Å². The van der Waals surface area contributed by atoms with E-state index in [0.717, 1.165) is 0 Å². The SMILES string of the molecule is CCCC1C=NC(C(C)C)=C1. The van der Waals surface area contributed by atoms with Gasteiger partial charge in [0.05, 0.1) is 0 Å². The van der Waals surface area contributed by atoms with Gasteiger partial charge >= 0.3 is 0 Å². The number of rotatable bonds is 3. The van der Waals surface area contributed by atoms with Gasteiger partial charge in [0.1, 0.15) is 0 Å². The number of hydrogen-bond acceptors (Lipinski definition) is 1. The van der Waals surface area contributed by atoms with Gasteiger partial charge in [0, 0.05) is 17.8 Å². The first-order valence-corrected chi connectivity index (χ1v) is 4.50. The first-order valence-electron chi connectivity index (χ1n) is 4.50. The summed E-state index contributed by atoms with van der Waals surface area (Å²) in [7, 11) is 0. The summed E-state index contributed by atoms with van der Waals surface area (Å²) in [5.74, 6) is 1.21. The molecule has 1 rings (SSSR count). The van der Waals surface area contributed by atoms with Crippen LogP contribution in [-0.4, -0.2) is 6.21 Å². The van der Waals surface area contributed by atoms with Crippen LogP contribution in [0.1, 0.15) is 33.6 Å². The molecule has 1 aliphatic rings. The third kappa shape index (κ3) is 2.18. The molecule has 0 bridgehead atoms. The molecule has 1 aliphatic heterocycles. The van der Waals surface area contributed by atoms with Crippen LogP contribution < -0.4 is 0 Å². The molecule has 1 nitrogen and oxygen atoms in total. The highest BCUT2D eigenvalue weighted by molar-refractivity contribution is 5.68. The van der Waals surface area contributed by atoms with Crippen molar-refractivity contribution >= 4 is 6.21 Å². The van der Waals surface area contributed by atoms with E-state index in [9.17, 15) is 0 Å². The molecular weight excluding hydrogens is 134 g/mol. The molecule has 0 aliphatic carbocycles. The predicted molar refractivity (Wildman–Crippen MR) is 49.8 cm³/mol. The highest BCUT2D eigenvalue weighted by atomic mass is 14.8. The van der Waals surface area contributed by atoms with Crippen molar-refractivity contribution in [2.24, 2.45) is 16.8 Å². The molecular formula is C10H17N. The Morgan fingerprint density at radius 3 is 2.73 bits per heavy atom. The lowest BCUT2D eigenvalue weighted by molar-refractivity contribution is 0.719. The molecule has 62 valence electrons. The maximum atomic E-state index is 4.37. The van der Waals surface area contributed by atoms with E-state index in [1.54, 1.807) is 0 Å². The van der Waals surface area contributed by atoms with Crippen LogP contribution in [0.5, 0.6) is 0 Å². The molecule has 11 heavy (non-hydrogen) atoms. The highest BCUT2D eigenvalue weighted by Gasteiger charge is 2.11. The Balaban J connectivity index is 2.49. The second kappa shape index (κ2) is 3.70. The van der Waals surface area contributed by atoms with Crippen molar-refractivity contribution in [3.63, 3.8) is 0 Å². The van der Waals surface area contributed by atoms with Crippen molar-refractivity contribution in [3.8, 4) is 0 Å². The van der Waals surface area contributed by atoms with E-state index in [0.29, 0.717) is 11.8 Å². The maximum Gasteiger partial charge on any atom is 0.0392 e. The van der Waals surface area contributed by atoms with Gasteiger partial charge < -0.3 is 0 Å². The Bertz CT molecular complexity index is 177. The number of allylic oxidation sites excluding steroid dienone is 2. The molecule has 0 aromatic carbocycles. The number of hydrogen-bond donors (Lipinski definition) is 0. The lowest BCUT2D eigenvalue weighted by Gasteiger charge is -2.01. The molecule has 0 fully saturated rings. The minimum absolute atomic E-state index is 0.591. The third-order valence-corrected chi connectivity index (χ3v) is 2.01. The quantitative estimate of drug-likeness (QED) is 0.588. The van der Waals surface area contributed by atoms with Crippen LogP contribution in [0.25, 0.3) is 0 Å². The summed E-state index contributed by atoms with van der Waals surface area (Å²) < 4.78 is 0. The summed E-state index contributed by atoms with van der Waals surface area (Å²) >= 11 is 0. The van der Waals surface area contributed by atoms with Crippen LogP contribution in [0, 0.1) is 11.8 Å². The smallest absolute Gasteiger partial charge is 0.0392 e. The molecule has 0 aromatic rings. The molecule has 0 N–H and O–H groups in total. The van der Waals surface area contributed by atoms with E-state index < -0.39 is 0 Å².